The summed E-state index contributed by atoms with van der Waals surface area (Å²) in [5, 5.41) is 35.4. The number of nitrogens with one attached hydrogen (secondary N) is 6. The number of hydrogen-bond acceptors (Lipinski definition) is 12. The predicted octanol–water partition coefficient (Wildman–Crippen LogP) is -3.85. The molecule has 0 aliphatic rings. The van der Waals surface area contributed by atoms with Crippen molar-refractivity contribution in [2.75, 3.05) is 6.54 Å². The van der Waals surface area contributed by atoms with Crippen molar-refractivity contribution in [1.29, 1.82) is 0 Å². The zero-order chi connectivity index (χ0) is 43.3. The van der Waals surface area contributed by atoms with Crippen molar-refractivity contribution >= 4 is 53.6 Å². The van der Waals surface area contributed by atoms with Crippen LogP contribution in [0.1, 0.15) is 99.8 Å². The summed E-state index contributed by atoms with van der Waals surface area (Å²) < 4.78 is 0. The van der Waals surface area contributed by atoms with Gasteiger partial charge in [-0.15, -0.1) is 0 Å². The third-order valence-electron chi connectivity index (χ3n) is 8.31. The van der Waals surface area contributed by atoms with Crippen LogP contribution in [0.2, 0.25) is 0 Å². The summed E-state index contributed by atoms with van der Waals surface area (Å²) in [6.07, 6.45) is -1.11. The second-order valence-corrected chi connectivity index (χ2v) is 15.1. The zero-order valence-corrected chi connectivity index (χ0v) is 33.6. The second-order valence-electron chi connectivity index (χ2n) is 15.1. The van der Waals surface area contributed by atoms with E-state index in [0.29, 0.717) is 19.1 Å². The van der Waals surface area contributed by atoms with E-state index in [1.54, 1.807) is 0 Å². The highest BCUT2D eigenvalue weighted by Crippen LogP contribution is 2.22. The molecule has 0 unspecified atom stereocenters. The molecule has 21 heteroatoms. The average Bonchev–Trinajstić information content (AvgIpc) is 3.08. The van der Waals surface area contributed by atoms with Crippen LogP contribution in [-0.4, -0.2) is 125 Å². The summed E-state index contributed by atoms with van der Waals surface area (Å²) in [5.74, 6) is -6.23. The Labute approximate surface area is 328 Å². The zero-order valence-electron chi connectivity index (χ0n) is 33.6. The molecule has 0 aliphatic carbocycles. The highest BCUT2D eigenvalue weighted by Gasteiger charge is 2.35. The van der Waals surface area contributed by atoms with Crippen molar-refractivity contribution in [2.24, 2.45) is 33.3 Å². The minimum absolute atomic E-state index is 0.0243. The molecule has 9 atom stereocenters. The van der Waals surface area contributed by atoms with E-state index < -0.39 is 95.9 Å². The molecule has 0 spiro atoms. The number of primary amides is 1. The van der Waals surface area contributed by atoms with Crippen LogP contribution in [0.15, 0.2) is 4.99 Å². The monoisotopic (exact) mass is 799 g/mol. The summed E-state index contributed by atoms with van der Waals surface area (Å²) in [4.78, 5) is 106. The van der Waals surface area contributed by atoms with Crippen molar-refractivity contribution in [2.45, 2.75) is 154 Å². The number of carbonyl (C=O) groups is 8. The smallest absolute Gasteiger partial charge is 0.245 e. The molecule has 320 valence electrons. The maximum atomic E-state index is 13.8. The highest BCUT2D eigenvalue weighted by molar-refractivity contribution is 5.97. The number of hydrogen-bond donors (Lipinski definition) is 12. The van der Waals surface area contributed by atoms with Gasteiger partial charge in [-0.05, 0) is 65.2 Å². The molecule has 0 aromatic rings. The molecule has 7 amide bonds. The molecule has 0 aromatic carbocycles. The van der Waals surface area contributed by atoms with E-state index in [0.717, 1.165) is 6.42 Å². The van der Waals surface area contributed by atoms with Crippen molar-refractivity contribution in [3.05, 3.63) is 0 Å². The first-order chi connectivity index (χ1) is 25.9. The summed E-state index contributed by atoms with van der Waals surface area (Å²) in [7, 11) is 0. The molecule has 0 fully saturated rings. The maximum absolute atomic E-state index is 13.8. The molecule has 0 rings (SSSR count). The van der Waals surface area contributed by atoms with E-state index in [-0.39, 0.29) is 50.0 Å². The predicted molar refractivity (Wildman–Crippen MR) is 207 cm³/mol. The molecule has 21 nitrogen and oxygen atoms in total. The van der Waals surface area contributed by atoms with Gasteiger partial charge in [0.25, 0.3) is 0 Å². The summed E-state index contributed by atoms with van der Waals surface area (Å²) in [6, 6.07) is -9.18. The van der Waals surface area contributed by atoms with Gasteiger partial charge in [0, 0.05) is 13.0 Å². The molecular formula is C35H65N11O10. The number of amides is 7. The molecule has 0 radical (unpaired) electrons. The van der Waals surface area contributed by atoms with Gasteiger partial charge < -0.3 is 69.8 Å². The largest absolute Gasteiger partial charge is 0.391 e. The lowest BCUT2D eigenvalue weighted by atomic mass is 9.89. The number of unbranched alkanes of at least 4 members (excludes halogenated alkanes) is 1. The fraction of sp³-hybridized carbons (Fsp3) is 0.743. The third-order valence-corrected chi connectivity index (χ3v) is 8.31. The number of aliphatic hydroxyl groups excluding tert-OH is 2. The Balaban J connectivity index is 6.44. The first kappa shape index (κ1) is 51.1. The standard InChI is InChI=1S/C35H65N11O10/c1-18(17-47)41-32(55)26(20(3)48)45-31(54)24(13-14-25(37)50)43-29(52)22(11-8-9-15-35(5,6)7)44-33(56)27(21(4)49)46-30(53)23(42-28(51)19(2)36)12-10-16-40-34(38)39/h17-24,26-27,48-49H,8-16,36H2,1-7H3,(H2,37,50)(H,41,55)(H,42,51)(H,43,52)(H,44,56)(H,45,54)(H,46,53)(H4,38,39,40)/t18-,19-,20+,21+,22-,23-,24-,26-,27-/m0/s1. The highest BCUT2D eigenvalue weighted by atomic mass is 16.3. The van der Waals surface area contributed by atoms with Crippen molar-refractivity contribution in [3.8, 4) is 0 Å². The summed E-state index contributed by atoms with van der Waals surface area (Å²) in [6.45, 7) is 11.4. The molecule has 0 heterocycles. The molecule has 56 heavy (non-hydrogen) atoms. The van der Waals surface area contributed by atoms with Crippen LogP contribution in [0.4, 0.5) is 0 Å². The van der Waals surface area contributed by atoms with Gasteiger partial charge in [0.05, 0.1) is 24.3 Å². The lowest BCUT2D eigenvalue weighted by Gasteiger charge is -2.29. The number of nitrogens with zero attached hydrogens (tertiary/aromatic N) is 1. The number of aliphatic hydroxyl groups is 2. The Morgan fingerprint density at radius 3 is 1.48 bits per heavy atom. The van der Waals surface area contributed by atoms with Gasteiger partial charge in [-0.1, -0.05) is 33.6 Å². The average molecular weight is 800 g/mol. The van der Waals surface area contributed by atoms with E-state index in [1.807, 2.05) is 20.8 Å². The maximum Gasteiger partial charge on any atom is 0.245 e. The Kier molecular flexibility index (Phi) is 23.1. The first-order valence-corrected chi connectivity index (χ1v) is 18.6. The quantitative estimate of drug-likeness (QED) is 0.0173. The van der Waals surface area contributed by atoms with Crippen molar-refractivity contribution in [3.63, 3.8) is 0 Å². The lowest BCUT2D eigenvalue weighted by molar-refractivity contribution is -0.137. The van der Waals surface area contributed by atoms with Gasteiger partial charge in [0.2, 0.25) is 41.4 Å². The Hall–Kier alpha value is -4.89. The van der Waals surface area contributed by atoms with Gasteiger partial charge in [-0.2, -0.15) is 0 Å². The fourth-order valence-electron chi connectivity index (χ4n) is 5.10. The van der Waals surface area contributed by atoms with E-state index in [9.17, 15) is 48.6 Å². The normalized spacial score (nSPS) is 16.1. The third kappa shape index (κ3) is 21.3. The molecule has 0 saturated carbocycles. The molecule has 16 N–H and O–H groups in total. The lowest BCUT2D eigenvalue weighted by Crippen LogP contribution is -2.62. The van der Waals surface area contributed by atoms with Gasteiger partial charge in [0.1, 0.15) is 36.5 Å². The van der Waals surface area contributed by atoms with Gasteiger partial charge >= 0.3 is 0 Å². The van der Waals surface area contributed by atoms with E-state index in [4.69, 9.17) is 22.9 Å². The number of aliphatic imine (C=N–C) groups is 1. The van der Waals surface area contributed by atoms with Crippen LogP contribution in [0.25, 0.3) is 0 Å². The van der Waals surface area contributed by atoms with Crippen molar-refractivity contribution in [1.82, 2.24) is 31.9 Å². The number of carbonyl (C=O) groups excluding carboxylic acids is 8. The number of guanidine groups is 1. The fourth-order valence-corrected chi connectivity index (χ4v) is 5.10. The van der Waals surface area contributed by atoms with Gasteiger partial charge in [-0.25, -0.2) is 0 Å². The molecule has 0 aliphatic heterocycles. The number of nitrogens with two attached hydrogens (primary N) is 4. The number of rotatable bonds is 26. The molecular weight excluding hydrogens is 734 g/mol. The van der Waals surface area contributed by atoms with Gasteiger partial charge in [-0.3, -0.25) is 38.6 Å². The molecule has 0 saturated heterocycles. The van der Waals surface area contributed by atoms with Crippen LogP contribution in [-0.2, 0) is 38.4 Å². The van der Waals surface area contributed by atoms with Gasteiger partial charge in [0.15, 0.2) is 5.96 Å². The molecule has 0 aromatic heterocycles. The number of aldehydes is 1. The van der Waals surface area contributed by atoms with E-state index >= 15 is 0 Å². The molecule has 0 bridgehead atoms. The van der Waals surface area contributed by atoms with Crippen molar-refractivity contribution < 1.29 is 48.6 Å². The Morgan fingerprint density at radius 2 is 1.05 bits per heavy atom. The summed E-state index contributed by atoms with van der Waals surface area (Å²) >= 11 is 0. The minimum Gasteiger partial charge on any atom is -0.391 e. The Bertz CT molecular complexity index is 1360. The van der Waals surface area contributed by atoms with E-state index in [2.05, 4.69) is 36.9 Å². The van der Waals surface area contributed by atoms with Crippen LogP contribution < -0.4 is 54.8 Å². The van der Waals surface area contributed by atoms with Crippen LogP contribution >= 0.6 is 0 Å². The van der Waals surface area contributed by atoms with E-state index in [1.165, 1.54) is 27.7 Å². The van der Waals surface area contributed by atoms with Crippen LogP contribution in [0, 0.1) is 5.41 Å². The van der Waals surface area contributed by atoms with Crippen LogP contribution in [0.5, 0.6) is 0 Å². The SMILES string of the molecule is C[C@H](N)C(=O)N[C@@H](CCCN=C(N)N)C(=O)N[C@H](C(=O)N[C@@H](CCCCC(C)(C)C)C(=O)N[C@@H](CCC(N)=O)C(=O)N[C@H](C(=O)N[C@@H](C)C=O)[C@@H](C)O)[C@@H](C)O. The summed E-state index contributed by atoms with van der Waals surface area (Å²) in [5.41, 5.74) is 21.6. The minimum atomic E-state index is -1.63. The first-order valence-electron chi connectivity index (χ1n) is 18.6. The topological polar surface area (TPSA) is 366 Å². The van der Waals surface area contributed by atoms with Crippen LogP contribution in [0.3, 0.4) is 0 Å². The Morgan fingerprint density at radius 1 is 0.625 bits per heavy atom. The second kappa shape index (κ2) is 25.3.